The molecule has 1 saturated carbocycles. The van der Waals surface area contributed by atoms with E-state index in [0.29, 0.717) is 0 Å². The van der Waals surface area contributed by atoms with Crippen molar-refractivity contribution >= 4 is 15.9 Å². The van der Waals surface area contributed by atoms with Crippen molar-refractivity contribution in [2.75, 3.05) is 0 Å². The topological polar surface area (TPSA) is 38.0 Å². The third kappa shape index (κ3) is 2.66. The van der Waals surface area contributed by atoms with Crippen LogP contribution >= 0.6 is 15.9 Å². The molecule has 0 amide bonds. The summed E-state index contributed by atoms with van der Waals surface area (Å²) in [6.45, 7) is 0. The molecule has 1 aliphatic carbocycles. The van der Waals surface area contributed by atoms with Crippen molar-refractivity contribution in [3.8, 4) is 0 Å². The van der Waals surface area contributed by atoms with Crippen LogP contribution in [0.1, 0.15) is 24.0 Å². The molecule has 0 spiro atoms. The molecule has 3 heteroatoms. The number of nitrogens with two attached hydrogens (primary N) is 1. The van der Waals surface area contributed by atoms with E-state index >= 15 is 0 Å². The average molecular weight is 331 g/mol. The first kappa shape index (κ1) is 13.8. The van der Waals surface area contributed by atoms with Gasteiger partial charge in [-0.3, -0.25) is 11.3 Å². The SMILES string of the molecule is NNC(Cc1ccc(Br)cc1)C1(c2ccccc2)CC1. The van der Waals surface area contributed by atoms with Gasteiger partial charge in [0.25, 0.3) is 0 Å². The first-order valence-electron chi connectivity index (χ1n) is 7.01. The molecule has 0 saturated heterocycles. The third-order valence-corrected chi connectivity index (χ3v) is 4.89. The summed E-state index contributed by atoms with van der Waals surface area (Å²) in [4.78, 5) is 0. The van der Waals surface area contributed by atoms with Gasteiger partial charge in [-0.15, -0.1) is 0 Å². The van der Waals surface area contributed by atoms with Crippen molar-refractivity contribution in [2.24, 2.45) is 5.84 Å². The maximum Gasteiger partial charge on any atom is 0.0347 e. The molecule has 20 heavy (non-hydrogen) atoms. The first-order valence-corrected chi connectivity index (χ1v) is 7.80. The highest BCUT2D eigenvalue weighted by molar-refractivity contribution is 9.10. The Morgan fingerprint density at radius 3 is 2.25 bits per heavy atom. The van der Waals surface area contributed by atoms with E-state index in [1.165, 1.54) is 24.0 Å². The van der Waals surface area contributed by atoms with E-state index in [4.69, 9.17) is 5.84 Å². The zero-order valence-electron chi connectivity index (χ0n) is 11.4. The van der Waals surface area contributed by atoms with Crippen LogP contribution in [0.15, 0.2) is 59.1 Å². The van der Waals surface area contributed by atoms with E-state index in [9.17, 15) is 0 Å². The van der Waals surface area contributed by atoms with Gasteiger partial charge in [0, 0.05) is 15.9 Å². The van der Waals surface area contributed by atoms with Crippen LogP contribution in [-0.2, 0) is 11.8 Å². The lowest BCUT2D eigenvalue weighted by Gasteiger charge is -2.27. The number of benzene rings is 2. The average Bonchev–Trinajstić information content (AvgIpc) is 3.29. The number of hydrazine groups is 1. The minimum Gasteiger partial charge on any atom is -0.271 e. The van der Waals surface area contributed by atoms with E-state index in [2.05, 4.69) is 76.0 Å². The minimum atomic E-state index is 0.211. The quantitative estimate of drug-likeness (QED) is 0.649. The third-order valence-electron chi connectivity index (χ3n) is 4.36. The summed E-state index contributed by atoms with van der Waals surface area (Å²) in [6, 6.07) is 19.5. The summed E-state index contributed by atoms with van der Waals surface area (Å²) >= 11 is 3.48. The molecule has 2 aromatic rings. The lowest BCUT2D eigenvalue weighted by Crippen LogP contribution is -2.45. The Kier molecular flexibility index (Phi) is 3.92. The molecule has 1 aliphatic rings. The minimum absolute atomic E-state index is 0.211. The van der Waals surface area contributed by atoms with Gasteiger partial charge in [0.15, 0.2) is 0 Å². The Bertz CT molecular complexity index is 561. The molecule has 0 aliphatic heterocycles. The first-order chi connectivity index (χ1) is 9.74. The maximum absolute atomic E-state index is 5.85. The molecule has 2 nitrogen and oxygen atoms in total. The van der Waals surface area contributed by atoms with E-state index in [1.807, 2.05) is 0 Å². The Labute approximate surface area is 128 Å². The van der Waals surface area contributed by atoms with Crippen LogP contribution in [0, 0.1) is 0 Å². The highest BCUT2D eigenvalue weighted by atomic mass is 79.9. The molecule has 0 heterocycles. The normalized spacial score (nSPS) is 17.7. The highest BCUT2D eigenvalue weighted by Crippen LogP contribution is 2.51. The van der Waals surface area contributed by atoms with E-state index in [-0.39, 0.29) is 11.5 Å². The van der Waals surface area contributed by atoms with Crippen molar-refractivity contribution in [1.29, 1.82) is 0 Å². The van der Waals surface area contributed by atoms with Crippen molar-refractivity contribution < 1.29 is 0 Å². The van der Waals surface area contributed by atoms with Crippen LogP contribution in [0.5, 0.6) is 0 Å². The summed E-state index contributed by atoms with van der Waals surface area (Å²) in [6.07, 6.45) is 3.38. The molecule has 3 N–H and O–H groups in total. The van der Waals surface area contributed by atoms with Gasteiger partial charge in [0.05, 0.1) is 0 Å². The fourth-order valence-corrected chi connectivity index (χ4v) is 3.28. The molecule has 1 unspecified atom stereocenters. The van der Waals surface area contributed by atoms with Crippen molar-refractivity contribution in [3.63, 3.8) is 0 Å². The van der Waals surface area contributed by atoms with Crippen LogP contribution in [0.3, 0.4) is 0 Å². The molecule has 0 radical (unpaired) electrons. The van der Waals surface area contributed by atoms with Crippen LogP contribution < -0.4 is 11.3 Å². The molecule has 0 bridgehead atoms. The van der Waals surface area contributed by atoms with E-state index < -0.39 is 0 Å². The molecule has 1 fully saturated rings. The second-order valence-electron chi connectivity index (χ2n) is 5.57. The maximum atomic E-state index is 5.85. The molecule has 0 aromatic heterocycles. The van der Waals surface area contributed by atoms with Gasteiger partial charge in [-0.25, -0.2) is 0 Å². The van der Waals surface area contributed by atoms with Crippen molar-refractivity contribution in [2.45, 2.75) is 30.7 Å². The van der Waals surface area contributed by atoms with Gasteiger partial charge in [-0.05, 0) is 42.5 Å². The number of rotatable bonds is 5. The molecule has 2 aromatic carbocycles. The van der Waals surface area contributed by atoms with Gasteiger partial charge in [-0.1, -0.05) is 58.4 Å². The number of halogens is 1. The van der Waals surface area contributed by atoms with E-state index in [1.54, 1.807) is 0 Å². The van der Waals surface area contributed by atoms with Crippen molar-refractivity contribution in [1.82, 2.24) is 5.43 Å². The molecule has 3 rings (SSSR count). The van der Waals surface area contributed by atoms with Gasteiger partial charge < -0.3 is 0 Å². The van der Waals surface area contributed by atoms with Gasteiger partial charge >= 0.3 is 0 Å². The number of nitrogens with one attached hydrogen (secondary N) is 1. The Hall–Kier alpha value is -1.16. The second kappa shape index (κ2) is 5.68. The summed E-state index contributed by atoms with van der Waals surface area (Å²) in [5.74, 6) is 5.85. The van der Waals surface area contributed by atoms with E-state index in [0.717, 1.165) is 10.9 Å². The van der Waals surface area contributed by atoms with Crippen molar-refractivity contribution in [3.05, 3.63) is 70.2 Å². The summed E-state index contributed by atoms with van der Waals surface area (Å²) < 4.78 is 1.11. The lowest BCUT2D eigenvalue weighted by atomic mass is 9.85. The Balaban J connectivity index is 1.82. The largest absolute Gasteiger partial charge is 0.271 e. The standard InChI is InChI=1S/C17H19BrN2/c18-15-8-6-13(7-9-15)12-16(20-19)17(10-11-17)14-4-2-1-3-5-14/h1-9,16,20H,10-12,19H2. The predicted molar refractivity (Wildman–Crippen MR) is 86.3 cm³/mol. The van der Waals surface area contributed by atoms with Gasteiger partial charge in [-0.2, -0.15) is 0 Å². The van der Waals surface area contributed by atoms with Crippen LogP contribution in [0.25, 0.3) is 0 Å². The zero-order chi connectivity index (χ0) is 14.0. The lowest BCUT2D eigenvalue weighted by molar-refractivity contribution is 0.420. The molecular formula is C17H19BrN2. The second-order valence-corrected chi connectivity index (χ2v) is 6.49. The van der Waals surface area contributed by atoms with Crippen LogP contribution in [0.4, 0.5) is 0 Å². The fraction of sp³-hybridized carbons (Fsp3) is 0.294. The molecule has 1 atom stereocenters. The summed E-state index contributed by atoms with van der Waals surface area (Å²) in [7, 11) is 0. The van der Waals surface area contributed by atoms with Crippen LogP contribution in [0.2, 0.25) is 0 Å². The smallest absolute Gasteiger partial charge is 0.0347 e. The van der Waals surface area contributed by atoms with Crippen LogP contribution in [-0.4, -0.2) is 6.04 Å². The highest BCUT2D eigenvalue weighted by Gasteiger charge is 2.50. The fourth-order valence-electron chi connectivity index (χ4n) is 3.01. The predicted octanol–water partition coefficient (Wildman–Crippen LogP) is 3.56. The Morgan fingerprint density at radius 1 is 1.05 bits per heavy atom. The Morgan fingerprint density at radius 2 is 1.70 bits per heavy atom. The van der Waals surface area contributed by atoms with Gasteiger partial charge in [0.2, 0.25) is 0 Å². The summed E-state index contributed by atoms with van der Waals surface area (Å²) in [5.41, 5.74) is 5.99. The summed E-state index contributed by atoms with van der Waals surface area (Å²) in [5, 5.41) is 0. The number of hydrogen-bond acceptors (Lipinski definition) is 2. The monoisotopic (exact) mass is 330 g/mol. The molecular weight excluding hydrogens is 312 g/mol. The molecule has 104 valence electrons. The van der Waals surface area contributed by atoms with Gasteiger partial charge in [0.1, 0.15) is 0 Å². The zero-order valence-corrected chi connectivity index (χ0v) is 12.9. The number of hydrogen-bond donors (Lipinski definition) is 2.